The molecule has 0 aliphatic carbocycles. The summed E-state index contributed by atoms with van der Waals surface area (Å²) in [7, 11) is 2.14. The van der Waals surface area contributed by atoms with E-state index >= 15 is 0 Å². The minimum Gasteiger partial charge on any atom is -0.340 e. The number of carbonyl (C=O) groups excluding carboxylic acids is 1. The summed E-state index contributed by atoms with van der Waals surface area (Å²) in [5.74, 6) is 0.243. The van der Waals surface area contributed by atoms with Gasteiger partial charge in [-0.25, -0.2) is 0 Å². The number of piperazine rings is 1. The summed E-state index contributed by atoms with van der Waals surface area (Å²) < 4.78 is 0. The molecule has 2 unspecified atom stereocenters. The van der Waals surface area contributed by atoms with Crippen LogP contribution in [0, 0.1) is 0 Å². The molecule has 4 heteroatoms. The third kappa shape index (κ3) is 4.29. The number of rotatable bonds is 5. The van der Waals surface area contributed by atoms with E-state index in [2.05, 4.69) is 18.9 Å². The van der Waals surface area contributed by atoms with E-state index in [0.717, 1.165) is 31.6 Å². The van der Waals surface area contributed by atoms with E-state index in [-0.39, 0.29) is 11.9 Å². The van der Waals surface area contributed by atoms with E-state index in [1.165, 1.54) is 0 Å². The van der Waals surface area contributed by atoms with Crippen molar-refractivity contribution in [1.82, 2.24) is 9.80 Å². The van der Waals surface area contributed by atoms with Gasteiger partial charge in [0.05, 0.1) is 0 Å². The van der Waals surface area contributed by atoms with Crippen LogP contribution < -0.4 is 5.73 Å². The predicted octanol–water partition coefficient (Wildman–Crippen LogP) is 2.02. The molecule has 0 bridgehead atoms. The lowest BCUT2D eigenvalue weighted by molar-refractivity contribution is -0.134. The van der Waals surface area contributed by atoms with Gasteiger partial charge in [-0.1, -0.05) is 37.3 Å². The standard InChI is InChI=1S/C17H27N3O/c1-3-15-13-20(12-11-19(15)2)17(21)10-9-16(18)14-7-5-4-6-8-14/h4-8,15-16H,3,9-13,18H2,1-2H3. The van der Waals surface area contributed by atoms with Crippen molar-refractivity contribution in [2.75, 3.05) is 26.7 Å². The molecule has 1 heterocycles. The first kappa shape index (κ1) is 16.0. The number of nitrogens with zero attached hydrogens (tertiary/aromatic N) is 2. The fourth-order valence-electron chi connectivity index (χ4n) is 2.92. The van der Waals surface area contributed by atoms with Crippen LogP contribution in [-0.2, 0) is 4.79 Å². The normalized spacial score (nSPS) is 21.3. The van der Waals surface area contributed by atoms with Crippen molar-refractivity contribution in [3.8, 4) is 0 Å². The SMILES string of the molecule is CCC1CN(C(=O)CCC(N)c2ccccc2)CCN1C. The van der Waals surface area contributed by atoms with Gasteiger partial charge in [-0.3, -0.25) is 9.69 Å². The van der Waals surface area contributed by atoms with Gasteiger partial charge >= 0.3 is 0 Å². The van der Waals surface area contributed by atoms with Crippen LogP contribution in [0.2, 0.25) is 0 Å². The Morgan fingerprint density at radius 2 is 2.05 bits per heavy atom. The van der Waals surface area contributed by atoms with Crippen LogP contribution in [0.5, 0.6) is 0 Å². The van der Waals surface area contributed by atoms with E-state index in [9.17, 15) is 4.79 Å². The quantitative estimate of drug-likeness (QED) is 0.902. The Kier molecular flexibility index (Phi) is 5.76. The van der Waals surface area contributed by atoms with Crippen LogP contribution in [0.1, 0.15) is 37.8 Å². The highest BCUT2D eigenvalue weighted by molar-refractivity contribution is 5.76. The Balaban J connectivity index is 1.82. The van der Waals surface area contributed by atoms with E-state index in [1.54, 1.807) is 0 Å². The van der Waals surface area contributed by atoms with Crippen LogP contribution in [0.3, 0.4) is 0 Å². The maximum atomic E-state index is 12.4. The van der Waals surface area contributed by atoms with Crippen molar-refractivity contribution in [3.05, 3.63) is 35.9 Å². The lowest BCUT2D eigenvalue weighted by Gasteiger charge is -2.39. The Morgan fingerprint density at radius 1 is 1.33 bits per heavy atom. The lowest BCUT2D eigenvalue weighted by Crippen LogP contribution is -2.53. The molecule has 1 aromatic rings. The van der Waals surface area contributed by atoms with E-state index in [1.807, 2.05) is 35.2 Å². The first-order chi connectivity index (χ1) is 10.1. The van der Waals surface area contributed by atoms with Crippen molar-refractivity contribution in [2.45, 2.75) is 38.3 Å². The summed E-state index contributed by atoms with van der Waals surface area (Å²) in [5.41, 5.74) is 7.28. The molecule has 116 valence electrons. The van der Waals surface area contributed by atoms with Crippen molar-refractivity contribution in [1.29, 1.82) is 0 Å². The molecule has 1 saturated heterocycles. The first-order valence-corrected chi connectivity index (χ1v) is 7.90. The monoisotopic (exact) mass is 289 g/mol. The molecule has 0 radical (unpaired) electrons. The first-order valence-electron chi connectivity index (χ1n) is 7.90. The highest BCUT2D eigenvalue weighted by Gasteiger charge is 2.26. The molecule has 1 amide bonds. The van der Waals surface area contributed by atoms with Crippen molar-refractivity contribution < 1.29 is 4.79 Å². The van der Waals surface area contributed by atoms with Gasteiger partial charge in [0.25, 0.3) is 0 Å². The van der Waals surface area contributed by atoms with Crippen LogP contribution in [0.15, 0.2) is 30.3 Å². The van der Waals surface area contributed by atoms with E-state index < -0.39 is 0 Å². The maximum Gasteiger partial charge on any atom is 0.222 e. The van der Waals surface area contributed by atoms with Crippen molar-refractivity contribution in [2.24, 2.45) is 5.73 Å². The molecule has 4 nitrogen and oxygen atoms in total. The summed E-state index contributed by atoms with van der Waals surface area (Å²) in [6, 6.07) is 10.5. The second-order valence-corrected chi connectivity index (χ2v) is 5.94. The van der Waals surface area contributed by atoms with Crippen LogP contribution >= 0.6 is 0 Å². The lowest BCUT2D eigenvalue weighted by atomic mass is 10.0. The molecule has 1 aromatic carbocycles. The largest absolute Gasteiger partial charge is 0.340 e. The third-order valence-electron chi connectivity index (χ3n) is 4.50. The van der Waals surface area contributed by atoms with E-state index in [0.29, 0.717) is 18.9 Å². The molecular formula is C17H27N3O. The van der Waals surface area contributed by atoms with E-state index in [4.69, 9.17) is 5.73 Å². The van der Waals surface area contributed by atoms with Gasteiger partial charge < -0.3 is 10.6 Å². The molecule has 2 atom stereocenters. The van der Waals surface area contributed by atoms with Crippen LogP contribution in [0.4, 0.5) is 0 Å². The summed E-state index contributed by atoms with van der Waals surface area (Å²) in [6.45, 7) is 4.84. The summed E-state index contributed by atoms with van der Waals surface area (Å²) in [5, 5.41) is 0. The second-order valence-electron chi connectivity index (χ2n) is 5.94. The van der Waals surface area contributed by atoms with Gasteiger partial charge in [0.15, 0.2) is 0 Å². The molecule has 2 N–H and O–H groups in total. The number of hydrogen-bond acceptors (Lipinski definition) is 3. The number of nitrogens with two attached hydrogens (primary N) is 1. The molecule has 21 heavy (non-hydrogen) atoms. The molecule has 0 spiro atoms. The zero-order chi connectivity index (χ0) is 15.2. The molecule has 1 aliphatic rings. The third-order valence-corrected chi connectivity index (χ3v) is 4.50. The van der Waals surface area contributed by atoms with Crippen LogP contribution in [-0.4, -0.2) is 48.4 Å². The van der Waals surface area contributed by atoms with Crippen LogP contribution in [0.25, 0.3) is 0 Å². The Labute approximate surface area is 127 Å². The molecule has 0 saturated carbocycles. The maximum absolute atomic E-state index is 12.4. The number of hydrogen-bond donors (Lipinski definition) is 1. The Morgan fingerprint density at radius 3 is 2.71 bits per heavy atom. The minimum atomic E-state index is -0.0513. The Bertz CT molecular complexity index is 449. The highest BCUT2D eigenvalue weighted by Crippen LogP contribution is 2.17. The molecule has 1 fully saturated rings. The summed E-state index contributed by atoms with van der Waals surface area (Å²) in [4.78, 5) is 16.7. The number of likely N-dealkylation sites (N-methyl/N-ethyl adjacent to an activating group) is 1. The minimum absolute atomic E-state index is 0.0513. The number of benzene rings is 1. The van der Waals surface area contributed by atoms with Gasteiger partial charge in [0.2, 0.25) is 5.91 Å². The average molecular weight is 289 g/mol. The van der Waals surface area contributed by atoms with Gasteiger partial charge in [0, 0.05) is 38.1 Å². The van der Waals surface area contributed by atoms with Gasteiger partial charge in [-0.05, 0) is 25.5 Å². The molecule has 0 aromatic heterocycles. The van der Waals surface area contributed by atoms with Crippen molar-refractivity contribution in [3.63, 3.8) is 0 Å². The summed E-state index contributed by atoms with van der Waals surface area (Å²) >= 11 is 0. The predicted molar refractivity (Wildman–Crippen MR) is 85.9 cm³/mol. The molecule has 2 rings (SSSR count). The Hall–Kier alpha value is -1.39. The fraction of sp³-hybridized carbons (Fsp3) is 0.588. The van der Waals surface area contributed by atoms with Gasteiger partial charge in [-0.15, -0.1) is 0 Å². The second kappa shape index (κ2) is 7.57. The van der Waals surface area contributed by atoms with Gasteiger partial charge in [0.1, 0.15) is 0 Å². The van der Waals surface area contributed by atoms with Crippen molar-refractivity contribution >= 4 is 5.91 Å². The molecular weight excluding hydrogens is 262 g/mol. The zero-order valence-corrected chi connectivity index (χ0v) is 13.2. The highest BCUT2D eigenvalue weighted by atomic mass is 16.2. The smallest absolute Gasteiger partial charge is 0.222 e. The van der Waals surface area contributed by atoms with Gasteiger partial charge in [-0.2, -0.15) is 0 Å². The summed E-state index contributed by atoms with van der Waals surface area (Å²) in [6.07, 6.45) is 2.34. The zero-order valence-electron chi connectivity index (χ0n) is 13.2. The fourth-order valence-corrected chi connectivity index (χ4v) is 2.92. The number of amides is 1. The topological polar surface area (TPSA) is 49.6 Å². The molecule has 1 aliphatic heterocycles. The average Bonchev–Trinajstić information content (AvgIpc) is 2.53. The number of carbonyl (C=O) groups is 1.